The molecule has 1 amide bonds. The van der Waals surface area contributed by atoms with Crippen molar-refractivity contribution in [2.75, 3.05) is 12.0 Å². The van der Waals surface area contributed by atoms with Crippen molar-refractivity contribution in [1.82, 2.24) is 15.3 Å². The van der Waals surface area contributed by atoms with Gasteiger partial charge < -0.3 is 20.2 Å². The first-order valence-corrected chi connectivity index (χ1v) is 11.0. The summed E-state index contributed by atoms with van der Waals surface area (Å²) in [4.78, 5) is 32.4. The molecule has 0 unspecified atom stereocenters. The number of aromatic amines is 1. The van der Waals surface area contributed by atoms with Gasteiger partial charge in [0.15, 0.2) is 0 Å². The molecule has 6 nitrogen and oxygen atoms in total. The minimum atomic E-state index is -1.30. The molecule has 0 spiro atoms. The normalized spacial score (nSPS) is 12.2. The van der Waals surface area contributed by atoms with Crippen LogP contribution in [0.4, 0.5) is 0 Å². The molecule has 0 aliphatic heterocycles. The monoisotopic (exact) mass is 418 g/mol. The second kappa shape index (κ2) is 8.59. The van der Waals surface area contributed by atoms with E-state index in [0.29, 0.717) is 11.4 Å². The summed E-state index contributed by atoms with van der Waals surface area (Å²) >= 11 is 1.51. The van der Waals surface area contributed by atoms with Crippen molar-refractivity contribution in [2.45, 2.75) is 12.5 Å². The van der Waals surface area contributed by atoms with Gasteiger partial charge in [-0.3, -0.25) is 4.79 Å². The summed E-state index contributed by atoms with van der Waals surface area (Å²) in [7, 11) is 0. The lowest BCUT2D eigenvalue weighted by atomic mass is 10.1. The quantitative estimate of drug-likeness (QED) is 0.481. The number of carbonyl (C=O) groups is 2. The van der Waals surface area contributed by atoms with E-state index >= 15 is 0 Å². The molecule has 0 radical (unpaired) electrons. The van der Waals surface area contributed by atoms with E-state index in [4.69, 9.17) is 0 Å². The number of hydrogen-bond donors (Lipinski definition) is 2. The first-order chi connectivity index (χ1) is 14.6. The number of hydrogen-bond acceptors (Lipinski definition) is 5. The molecule has 4 rings (SSSR count). The molecule has 0 aliphatic rings. The van der Waals surface area contributed by atoms with Gasteiger partial charge in [0.25, 0.3) is 5.91 Å². The third kappa shape index (κ3) is 3.89. The third-order valence-corrected chi connectivity index (χ3v) is 5.62. The first-order valence-electron chi connectivity index (χ1n) is 9.56. The van der Waals surface area contributed by atoms with Crippen LogP contribution >= 0.6 is 11.8 Å². The van der Waals surface area contributed by atoms with Crippen molar-refractivity contribution < 1.29 is 14.7 Å². The van der Waals surface area contributed by atoms with E-state index < -0.39 is 17.9 Å². The standard InChI is InChI=1S/C23H21N3O3S/c1-30-12-11-18(23(28)29)26-22(27)19-13-16-15-9-5-6-10-17(15)24-21(16)20(25-19)14-7-3-2-4-8-14/h2-10,13,18,24H,11-12H2,1H3,(H,26,27)(H,28,29)/p-1/t18-/m0/s1. The van der Waals surface area contributed by atoms with E-state index in [2.05, 4.69) is 15.3 Å². The van der Waals surface area contributed by atoms with Crippen molar-refractivity contribution in [2.24, 2.45) is 0 Å². The molecular formula is C23H20N3O3S-. The van der Waals surface area contributed by atoms with Crippen molar-refractivity contribution in [3.8, 4) is 11.3 Å². The van der Waals surface area contributed by atoms with Crippen LogP contribution in [0.5, 0.6) is 0 Å². The van der Waals surface area contributed by atoms with Gasteiger partial charge >= 0.3 is 0 Å². The van der Waals surface area contributed by atoms with Crippen LogP contribution in [0.25, 0.3) is 33.1 Å². The van der Waals surface area contributed by atoms with Gasteiger partial charge in [-0.25, -0.2) is 4.98 Å². The maximum Gasteiger partial charge on any atom is 0.270 e. The zero-order valence-corrected chi connectivity index (χ0v) is 17.2. The largest absolute Gasteiger partial charge is 0.548 e. The van der Waals surface area contributed by atoms with Crippen molar-refractivity contribution >= 4 is 45.4 Å². The van der Waals surface area contributed by atoms with Gasteiger partial charge in [-0.15, -0.1) is 0 Å². The van der Waals surface area contributed by atoms with Crippen LogP contribution in [0.1, 0.15) is 16.9 Å². The Balaban J connectivity index is 1.83. The van der Waals surface area contributed by atoms with Gasteiger partial charge in [0.05, 0.1) is 23.2 Å². The van der Waals surface area contributed by atoms with E-state index in [1.165, 1.54) is 11.8 Å². The Bertz CT molecular complexity index is 1220. The molecule has 30 heavy (non-hydrogen) atoms. The highest BCUT2D eigenvalue weighted by atomic mass is 32.2. The number of rotatable bonds is 7. The topological polar surface area (TPSA) is 97.9 Å². The molecule has 0 bridgehead atoms. The summed E-state index contributed by atoms with van der Waals surface area (Å²) < 4.78 is 0. The van der Waals surface area contributed by atoms with Crippen LogP contribution in [0, 0.1) is 0 Å². The van der Waals surface area contributed by atoms with E-state index in [9.17, 15) is 14.7 Å². The highest BCUT2D eigenvalue weighted by Crippen LogP contribution is 2.32. The van der Waals surface area contributed by atoms with Gasteiger partial charge in [-0.1, -0.05) is 48.5 Å². The maximum absolute atomic E-state index is 12.9. The molecule has 2 aromatic heterocycles. The highest BCUT2D eigenvalue weighted by Gasteiger charge is 2.19. The summed E-state index contributed by atoms with van der Waals surface area (Å²) in [5.74, 6) is -1.23. The van der Waals surface area contributed by atoms with Crippen LogP contribution in [-0.4, -0.2) is 39.9 Å². The molecule has 2 heterocycles. The molecule has 0 saturated carbocycles. The molecule has 1 atom stereocenters. The minimum absolute atomic E-state index is 0.168. The fraction of sp³-hybridized carbons (Fsp3) is 0.174. The summed E-state index contributed by atoms with van der Waals surface area (Å²) in [5.41, 5.74) is 3.45. The van der Waals surface area contributed by atoms with Crippen molar-refractivity contribution in [1.29, 1.82) is 0 Å². The number of carboxylic acid groups (broad SMARTS) is 1. The van der Waals surface area contributed by atoms with E-state index in [1.807, 2.05) is 60.9 Å². The number of para-hydroxylation sites is 1. The number of carbonyl (C=O) groups excluding carboxylic acids is 2. The van der Waals surface area contributed by atoms with Gasteiger partial charge in [-0.05, 0) is 30.6 Å². The van der Waals surface area contributed by atoms with Gasteiger partial charge in [0, 0.05) is 21.9 Å². The average Bonchev–Trinajstić information content (AvgIpc) is 3.15. The van der Waals surface area contributed by atoms with Crippen LogP contribution in [0.3, 0.4) is 0 Å². The highest BCUT2D eigenvalue weighted by molar-refractivity contribution is 7.98. The SMILES string of the molecule is CSCC[C@H](NC(=O)c1cc2c([nH]c3ccccc32)c(-c2ccccc2)n1)C(=O)[O-]. The predicted octanol–water partition coefficient (Wildman–Crippen LogP) is 2.98. The average molecular weight is 418 g/mol. The van der Waals surface area contributed by atoms with Crippen molar-refractivity contribution in [3.63, 3.8) is 0 Å². The van der Waals surface area contributed by atoms with E-state index in [0.717, 1.165) is 27.4 Å². The van der Waals surface area contributed by atoms with Crippen LogP contribution in [0.15, 0.2) is 60.7 Å². The van der Waals surface area contributed by atoms with Crippen LogP contribution in [-0.2, 0) is 4.79 Å². The second-order valence-electron chi connectivity index (χ2n) is 6.94. The Kier molecular flexibility index (Phi) is 5.72. The number of thioether (sulfide) groups is 1. The van der Waals surface area contributed by atoms with E-state index in [1.54, 1.807) is 6.07 Å². The Hall–Kier alpha value is -3.32. The number of pyridine rings is 1. The number of benzene rings is 2. The predicted molar refractivity (Wildman–Crippen MR) is 118 cm³/mol. The summed E-state index contributed by atoms with van der Waals surface area (Å²) in [6, 6.07) is 18.1. The zero-order chi connectivity index (χ0) is 21.1. The summed E-state index contributed by atoms with van der Waals surface area (Å²) in [6.45, 7) is 0. The fourth-order valence-corrected chi connectivity index (χ4v) is 3.96. The van der Waals surface area contributed by atoms with Crippen LogP contribution < -0.4 is 10.4 Å². The van der Waals surface area contributed by atoms with Gasteiger partial charge in [0.1, 0.15) is 5.69 Å². The number of nitrogens with one attached hydrogen (secondary N) is 2. The number of nitrogens with zero attached hydrogens (tertiary/aromatic N) is 1. The number of fused-ring (bicyclic) bond motifs is 3. The van der Waals surface area contributed by atoms with Crippen molar-refractivity contribution in [3.05, 3.63) is 66.4 Å². The Morgan fingerprint density at radius 1 is 1.10 bits per heavy atom. The summed E-state index contributed by atoms with van der Waals surface area (Å²) in [5, 5.41) is 15.8. The van der Waals surface area contributed by atoms with Gasteiger partial charge in [0.2, 0.25) is 0 Å². The molecule has 2 aromatic carbocycles. The molecule has 0 fully saturated rings. The number of aliphatic carboxylic acids is 1. The van der Waals surface area contributed by atoms with E-state index in [-0.39, 0.29) is 12.1 Å². The lowest BCUT2D eigenvalue weighted by Crippen LogP contribution is -2.48. The number of carboxylic acids is 1. The minimum Gasteiger partial charge on any atom is -0.548 e. The Labute approximate surface area is 177 Å². The zero-order valence-electron chi connectivity index (χ0n) is 16.3. The molecule has 2 N–H and O–H groups in total. The molecule has 0 saturated heterocycles. The molecular weight excluding hydrogens is 398 g/mol. The molecule has 4 aromatic rings. The lowest BCUT2D eigenvalue weighted by molar-refractivity contribution is -0.308. The molecule has 152 valence electrons. The maximum atomic E-state index is 12.9. The third-order valence-electron chi connectivity index (χ3n) is 4.98. The smallest absolute Gasteiger partial charge is 0.270 e. The first kappa shape index (κ1) is 20.0. The summed E-state index contributed by atoms with van der Waals surface area (Å²) in [6.07, 6.45) is 2.17. The molecule has 7 heteroatoms. The van der Waals surface area contributed by atoms with Crippen LogP contribution in [0.2, 0.25) is 0 Å². The molecule has 0 aliphatic carbocycles. The number of aromatic nitrogens is 2. The fourth-order valence-electron chi connectivity index (χ4n) is 3.48. The van der Waals surface area contributed by atoms with Gasteiger partial charge in [-0.2, -0.15) is 11.8 Å². The lowest BCUT2D eigenvalue weighted by Gasteiger charge is -2.19. The second-order valence-corrected chi connectivity index (χ2v) is 7.93. The number of amides is 1. The Morgan fingerprint density at radius 2 is 1.83 bits per heavy atom. The Morgan fingerprint density at radius 3 is 2.57 bits per heavy atom. The number of H-pyrrole nitrogens is 1.